The van der Waals surface area contributed by atoms with Gasteiger partial charge >= 0.3 is 5.91 Å². The molecule has 1 aromatic heterocycles. The average Bonchev–Trinajstić information content (AvgIpc) is 3.34. The largest absolute Gasteiger partial charge is 0.507 e. The van der Waals surface area contributed by atoms with Crippen LogP contribution in [0.1, 0.15) is 43.5 Å². The summed E-state index contributed by atoms with van der Waals surface area (Å²) in [5.74, 6) is -1.69. The van der Waals surface area contributed by atoms with E-state index in [1.165, 1.54) is 16.2 Å². The molecule has 1 saturated heterocycles. The first-order valence-electron chi connectivity index (χ1n) is 9.75. The number of Topliss-reactive ketones (excluding diaryl/α,β-unsaturated/α-hetero) is 1. The van der Waals surface area contributed by atoms with Gasteiger partial charge in [0.15, 0.2) is 5.13 Å². The molecule has 1 amide bonds. The number of aliphatic hydroxyl groups is 1. The molecular formula is C24H21ClN2O3S. The Morgan fingerprint density at radius 3 is 2.26 bits per heavy atom. The fourth-order valence-electron chi connectivity index (χ4n) is 3.61. The van der Waals surface area contributed by atoms with E-state index in [1.54, 1.807) is 35.8 Å². The van der Waals surface area contributed by atoms with Crippen LogP contribution in [0.5, 0.6) is 0 Å². The molecule has 1 aliphatic heterocycles. The van der Waals surface area contributed by atoms with Crippen LogP contribution in [0.2, 0.25) is 5.02 Å². The second-order valence-corrected chi connectivity index (χ2v) is 9.67. The van der Waals surface area contributed by atoms with E-state index in [0.717, 1.165) is 11.1 Å². The number of aromatic nitrogens is 1. The number of carbonyl (C=O) groups excluding carboxylic acids is 2. The number of hydrogen-bond donors (Lipinski definition) is 1. The lowest BCUT2D eigenvalue weighted by molar-refractivity contribution is -0.132. The summed E-state index contributed by atoms with van der Waals surface area (Å²) < 4.78 is 0. The van der Waals surface area contributed by atoms with Crippen molar-refractivity contribution in [3.63, 3.8) is 0 Å². The number of nitrogens with zero attached hydrogens (tertiary/aromatic N) is 2. The minimum absolute atomic E-state index is 0.0334. The van der Waals surface area contributed by atoms with Gasteiger partial charge in [0.2, 0.25) is 0 Å². The molecule has 0 spiro atoms. The van der Waals surface area contributed by atoms with Gasteiger partial charge in [-0.2, -0.15) is 0 Å². The molecule has 1 N–H and O–H groups in total. The Hall–Kier alpha value is -2.96. The number of benzene rings is 2. The molecule has 3 aromatic rings. The summed E-state index contributed by atoms with van der Waals surface area (Å²) in [6, 6.07) is 13.5. The molecule has 1 aliphatic rings. The molecule has 0 aliphatic carbocycles. The van der Waals surface area contributed by atoms with E-state index in [9.17, 15) is 14.7 Å². The number of carbonyl (C=O) groups is 2. The van der Waals surface area contributed by atoms with Gasteiger partial charge in [-0.15, -0.1) is 11.3 Å². The predicted molar refractivity (Wildman–Crippen MR) is 123 cm³/mol. The van der Waals surface area contributed by atoms with Crippen LogP contribution in [0.15, 0.2) is 65.7 Å². The van der Waals surface area contributed by atoms with Gasteiger partial charge in [-0.1, -0.05) is 56.6 Å². The Morgan fingerprint density at radius 1 is 1.06 bits per heavy atom. The lowest BCUT2D eigenvalue weighted by Crippen LogP contribution is -2.29. The highest BCUT2D eigenvalue weighted by molar-refractivity contribution is 7.14. The fourth-order valence-corrected chi connectivity index (χ4v) is 4.40. The van der Waals surface area contributed by atoms with Crippen LogP contribution in [0.25, 0.3) is 5.76 Å². The van der Waals surface area contributed by atoms with Crippen LogP contribution in [-0.2, 0) is 15.0 Å². The second kappa shape index (κ2) is 7.94. The van der Waals surface area contributed by atoms with Gasteiger partial charge in [0.05, 0.1) is 11.6 Å². The van der Waals surface area contributed by atoms with Crippen LogP contribution in [0.4, 0.5) is 5.13 Å². The maximum absolute atomic E-state index is 13.0. The summed E-state index contributed by atoms with van der Waals surface area (Å²) in [5.41, 5.74) is 2.25. The standard InChI is InChI=1S/C24H21ClN2O3S/c1-24(2,3)16-8-4-14(5-9-16)19-18(20(28)15-6-10-17(25)11-7-15)21(29)22(30)27(19)23-26-12-13-31-23/h4-13,19,28H,1-3H3/b20-18+/t19-/m0/s1. The third kappa shape index (κ3) is 3.89. The maximum atomic E-state index is 13.0. The number of thiazole rings is 1. The highest BCUT2D eigenvalue weighted by atomic mass is 35.5. The molecule has 1 atom stereocenters. The van der Waals surface area contributed by atoms with Crippen LogP contribution in [0.3, 0.4) is 0 Å². The normalized spacial score (nSPS) is 18.6. The SMILES string of the molecule is CC(C)(C)c1ccc([C@H]2/C(=C(\O)c3ccc(Cl)cc3)C(=O)C(=O)N2c2nccs2)cc1. The van der Waals surface area contributed by atoms with Crippen molar-refractivity contribution in [2.24, 2.45) is 0 Å². The number of amides is 1. The van der Waals surface area contributed by atoms with Gasteiger partial charge in [0.1, 0.15) is 5.76 Å². The smallest absolute Gasteiger partial charge is 0.301 e. The van der Waals surface area contributed by atoms with Gasteiger partial charge in [-0.3, -0.25) is 14.5 Å². The molecule has 0 unspecified atom stereocenters. The van der Waals surface area contributed by atoms with Gasteiger partial charge in [-0.25, -0.2) is 4.98 Å². The lowest BCUT2D eigenvalue weighted by Gasteiger charge is -2.24. The Bertz CT molecular complexity index is 1160. The first kappa shape index (κ1) is 21.3. The Balaban J connectivity index is 1.90. The summed E-state index contributed by atoms with van der Waals surface area (Å²) >= 11 is 7.22. The summed E-state index contributed by atoms with van der Waals surface area (Å²) in [4.78, 5) is 31.6. The Kier molecular flexibility index (Phi) is 5.45. The van der Waals surface area contributed by atoms with Gasteiger partial charge < -0.3 is 5.11 Å². The van der Waals surface area contributed by atoms with E-state index < -0.39 is 17.7 Å². The number of anilines is 1. The van der Waals surface area contributed by atoms with Crippen molar-refractivity contribution in [3.8, 4) is 0 Å². The van der Waals surface area contributed by atoms with Crippen LogP contribution in [-0.4, -0.2) is 21.8 Å². The van der Waals surface area contributed by atoms with E-state index in [4.69, 9.17) is 11.6 Å². The summed E-state index contributed by atoms with van der Waals surface area (Å²) in [6.45, 7) is 6.35. The maximum Gasteiger partial charge on any atom is 0.301 e. The molecule has 5 nitrogen and oxygen atoms in total. The summed E-state index contributed by atoms with van der Waals surface area (Å²) in [6.07, 6.45) is 1.58. The molecule has 0 bridgehead atoms. The van der Waals surface area contributed by atoms with Gasteiger partial charge in [0.25, 0.3) is 5.78 Å². The zero-order valence-corrected chi connectivity index (χ0v) is 18.9. The first-order valence-corrected chi connectivity index (χ1v) is 11.0. The monoisotopic (exact) mass is 452 g/mol. The Morgan fingerprint density at radius 2 is 1.71 bits per heavy atom. The minimum atomic E-state index is -0.782. The number of halogens is 1. The summed E-state index contributed by atoms with van der Waals surface area (Å²) in [5, 5.41) is 13.7. The van der Waals surface area contributed by atoms with E-state index >= 15 is 0 Å². The van der Waals surface area contributed by atoms with Crippen molar-refractivity contribution < 1.29 is 14.7 Å². The highest BCUT2D eigenvalue weighted by Gasteiger charge is 2.48. The topological polar surface area (TPSA) is 70.5 Å². The fraction of sp³-hybridized carbons (Fsp3) is 0.208. The number of hydrogen-bond acceptors (Lipinski definition) is 5. The molecule has 7 heteroatoms. The van der Waals surface area contributed by atoms with Crippen LogP contribution < -0.4 is 4.90 Å². The predicted octanol–water partition coefficient (Wildman–Crippen LogP) is 5.72. The third-order valence-electron chi connectivity index (χ3n) is 5.28. The summed E-state index contributed by atoms with van der Waals surface area (Å²) in [7, 11) is 0. The van der Waals surface area contributed by atoms with E-state index in [1.807, 2.05) is 24.3 Å². The molecule has 158 valence electrons. The highest BCUT2D eigenvalue weighted by Crippen LogP contribution is 2.43. The van der Waals surface area contributed by atoms with Crippen LogP contribution >= 0.6 is 22.9 Å². The molecule has 2 heterocycles. The van der Waals surface area contributed by atoms with Crippen molar-refractivity contribution in [2.75, 3.05) is 4.90 Å². The molecule has 2 aromatic carbocycles. The van der Waals surface area contributed by atoms with Crippen molar-refractivity contribution in [1.82, 2.24) is 4.98 Å². The number of ketones is 1. The number of rotatable bonds is 3. The lowest BCUT2D eigenvalue weighted by atomic mass is 9.85. The van der Waals surface area contributed by atoms with Crippen LogP contribution in [0, 0.1) is 0 Å². The quantitative estimate of drug-likeness (QED) is 0.313. The van der Waals surface area contributed by atoms with Gasteiger partial charge in [0, 0.05) is 22.2 Å². The molecule has 31 heavy (non-hydrogen) atoms. The number of aliphatic hydroxyl groups excluding tert-OH is 1. The van der Waals surface area contributed by atoms with Gasteiger partial charge in [-0.05, 0) is 40.8 Å². The molecular weight excluding hydrogens is 432 g/mol. The molecule has 0 radical (unpaired) electrons. The van der Waals surface area contributed by atoms with Crippen molar-refractivity contribution in [2.45, 2.75) is 32.2 Å². The van der Waals surface area contributed by atoms with E-state index in [-0.39, 0.29) is 16.7 Å². The zero-order valence-electron chi connectivity index (χ0n) is 17.3. The second-order valence-electron chi connectivity index (χ2n) is 8.36. The van der Waals surface area contributed by atoms with Crippen molar-refractivity contribution in [3.05, 3.63) is 87.4 Å². The van der Waals surface area contributed by atoms with Crippen molar-refractivity contribution >= 4 is 45.5 Å². The van der Waals surface area contributed by atoms with E-state index in [2.05, 4.69) is 25.8 Å². The molecule has 1 fully saturated rings. The first-order chi connectivity index (χ1) is 14.7. The Labute approximate surface area is 189 Å². The third-order valence-corrected chi connectivity index (χ3v) is 6.30. The minimum Gasteiger partial charge on any atom is -0.507 e. The van der Waals surface area contributed by atoms with E-state index in [0.29, 0.717) is 15.7 Å². The van der Waals surface area contributed by atoms with Crippen molar-refractivity contribution in [1.29, 1.82) is 0 Å². The molecule has 0 saturated carbocycles. The average molecular weight is 453 g/mol. The molecule has 4 rings (SSSR count). The zero-order chi connectivity index (χ0) is 22.3.